The maximum atomic E-state index is 11.9. The molecule has 1 unspecified atom stereocenters. The van der Waals surface area contributed by atoms with Gasteiger partial charge in [-0.3, -0.25) is 14.6 Å². The summed E-state index contributed by atoms with van der Waals surface area (Å²) in [5.74, 6) is -0.336. The van der Waals surface area contributed by atoms with Crippen LogP contribution in [0.2, 0.25) is 0 Å². The summed E-state index contributed by atoms with van der Waals surface area (Å²) in [4.78, 5) is 29.4. The van der Waals surface area contributed by atoms with Gasteiger partial charge in [0.15, 0.2) is 0 Å². The van der Waals surface area contributed by atoms with Crippen molar-refractivity contribution in [1.82, 2.24) is 10.3 Å². The van der Waals surface area contributed by atoms with E-state index in [-0.39, 0.29) is 30.2 Å². The van der Waals surface area contributed by atoms with E-state index in [0.29, 0.717) is 6.54 Å². The number of hydrogen-bond donors (Lipinski definition) is 1. The van der Waals surface area contributed by atoms with Gasteiger partial charge in [0, 0.05) is 25.2 Å². The summed E-state index contributed by atoms with van der Waals surface area (Å²) in [6.45, 7) is 4.25. The number of amides is 2. The molecule has 1 fully saturated rings. The Morgan fingerprint density at radius 3 is 2.94 bits per heavy atom. The molecular formula is C13H17N3O2. The molecule has 1 aromatic rings. The summed E-state index contributed by atoms with van der Waals surface area (Å²) in [7, 11) is 0. The largest absolute Gasteiger partial charge is 0.354 e. The molecule has 2 rings (SSSR count). The molecule has 5 heteroatoms. The third-order valence-electron chi connectivity index (χ3n) is 2.88. The van der Waals surface area contributed by atoms with Crippen LogP contribution >= 0.6 is 0 Å². The van der Waals surface area contributed by atoms with E-state index >= 15 is 0 Å². The standard InChI is InChI=1S/C13H17N3O2/c1-9(2)15-13(18)10-6-12(17)16(8-10)11-4-3-5-14-7-11/h3-5,7,9-10H,6,8H2,1-2H3,(H,15,18). The van der Waals surface area contributed by atoms with Crippen LogP contribution in [-0.4, -0.2) is 29.4 Å². The molecule has 2 heterocycles. The minimum absolute atomic E-state index is 0.0214. The predicted molar refractivity (Wildman–Crippen MR) is 68.0 cm³/mol. The zero-order valence-electron chi connectivity index (χ0n) is 10.6. The maximum Gasteiger partial charge on any atom is 0.227 e. The first-order chi connectivity index (χ1) is 8.58. The number of pyridine rings is 1. The van der Waals surface area contributed by atoms with Crippen LogP contribution < -0.4 is 10.2 Å². The second kappa shape index (κ2) is 5.16. The number of carbonyl (C=O) groups excluding carboxylic acids is 2. The Bertz CT molecular complexity index is 445. The van der Waals surface area contributed by atoms with Gasteiger partial charge in [-0.1, -0.05) is 0 Å². The van der Waals surface area contributed by atoms with Gasteiger partial charge in [0.25, 0.3) is 0 Å². The van der Waals surface area contributed by atoms with Crippen LogP contribution in [0.15, 0.2) is 24.5 Å². The SMILES string of the molecule is CC(C)NC(=O)C1CC(=O)N(c2cccnc2)C1. The number of aromatic nitrogens is 1. The Balaban J connectivity index is 2.06. The molecule has 18 heavy (non-hydrogen) atoms. The van der Waals surface area contributed by atoms with Crippen molar-refractivity contribution in [3.63, 3.8) is 0 Å². The topological polar surface area (TPSA) is 62.3 Å². The number of hydrogen-bond acceptors (Lipinski definition) is 3. The molecular weight excluding hydrogens is 230 g/mol. The van der Waals surface area contributed by atoms with Crippen molar-refractivity contribution in [1.29, 1.82) is 0 Å². The van der Waals surface area contributed by atoms with Crippen LogP contribution in [0.4, 0.5) is 5.69 Å². The van der Waals surface area contributed by atoms with Crippen LogP contribution in [0.1, 0.15) is 20.3 Å². The molecule has 1 N–H and O–H groups in total. The summed E-state index contributed by atoms with van der Waals surface area (Å²) >= 11 is 0. The zero-order chi connectivity index (χ0) is 13.1. The van der Waals surface area contributed by atoms with Crippen molar-refractivity contribution < 1.29 is 9.59 Å². The van der Waals surface area contributed by atoms with Crippen molar-refractivity contribution >= 4 is 17.5 Å². The third-order valence-corrected chi connectivity index (χ3v) is 2.88. The summed E-state index contributed by atoms with van der Waals surface area (Å²) in [5.41, 5.74) is 0.752. The van der Waals surface area contributed by atoms with E-state index in [4.69, 9.17) is 0 Å². The normalized spacial score (nSPS) is 19.4. The third kappa shape index (κ3) is 2.67. The summed E-state index contributed by atoms with van der Waals surface area (Å²) in [6, 6.07) is 3.71. The van der Waals surface area contributed by atoms with Crippen LogP contribution in [0.25, 0.3) is 0 Å². The first-order valence-electron chi connectivity index (χ1n) is 6.08. The first-order valence-corrected chi connectivity index (χ1v) is 6.08. The number of carbonyl (C=O) groups is 2. The van der Waals surface area contributed by atoms with Gasteiger partial charge in [-0.25, -0.2) is 0 Å². The van der Waals surface area contributed by atoms with Gasteiger partial charge >= 0.3 is 0 Å². The average Bonchev–Trinajstić information content (AvgIpc) is 2.72. The van der Waals surface area contributed by atoms with Crippen molar-refractivity contribution in [2.24, 2.45) is 5.92 Å². The van der Waals surface area contributed by atoms with E-state index in [1.807, 2.05) is 19.9 Å². The Morgan fingerprint density at radius 1 is 1.56 bits per heavy atom. The lowest BCUT2D eigenvalue weighted by molar-refractivity contribution is -0.126. The van der Waals surface area contributed by atoms with E-state index in [2.05, 4.69) is 10.3 Å². The molecule has 0 aliphatic carbocycles. The zero-order valence-corrected chi connectivity index (χ0v) is 10.6. The fourth-order valence-electron chi connectivity index (χ4n) is 2.05. The Hall–Kier alpha value is -1.91. The number of rotatable bonds is 3. The quantitative estimate of drug-likeness (QED) is 0.865. The Morgan fingerprint density at radius 2 is 2.33 bits per heavy atom. The van der Waals surface area contributed by atoms with Crippen molar-refractivity contribution in [2.75, 3.05) is 11.4 Å². The minimum Gasteiger partial charge on any atom is -0.354 e. The minimum atomic E-state index is -0.264. The molecule has 0 saturated carbocycles. The van der Waals surface area contributed by atoms with Gasteiger partial charge in [0.05, 0.1) is 17.8 Å². The highest BCUT2D eigenvalue weighted by Gasteiger charge is 2.35. The van der Waals surface area contributed by atoms with E-state index in [9.17, 15) is 9.59 Å². The molecule has 0 bridgehead atoms. The van der Waals surface area contributed by atoms with E-state index in [0.717, 1.165) is 5.69 Å². The van der Waals surface area contributed by atoms with Crippen LogP contribution in [0.5, 0.6) is 0 Å². The van der Waals surface area contributed by atoms with Crippen molar-refractivity contribution in [2.45, 2.75) is 26.3 Å². The molecule has 0 spiro atoms. The summed E-state index contributed by atoms with van der Waals surface area (Å²) < 4.78 is 0. The lowest BCUT2D eigenvalue weighted by atomic mass is 10.1. The lowest BCUT2D eigenvalue weighted by Gasteiger charge is -2.16. The lowest BCUT2D eigenvalue weighted by Crippen LogP contribution is -2.36. The number of nitrogens with zero attached hydrogens (tertiary/aromatic N) is 2. The number of anilines is 1. The highest BCUT2D eigenvalue weighted by molar-refractivity contribution is 6.00. The number of nitrogens with one attached hydrogen (secondary N) is 1. The first kappa shape index (κ1) is 12.5. The second-order valence-corrected chi connectivity index (χ2v) is 4.78. The van der Waals surface area contributed by atoms with Crippen molar-refractivity contribution in [3.8, 4) is 0 Å². The molecule has 1 aromatic heterocycles. The van der Waals surface area contributed by atoms with Gasteiger partial charge in [-0.2, -0.15) is 0 Å². The van der Waals surface area contributed by atoms with Gasteiger partial charge in [0.1, 0.15) is 0 Å². The van der Waals surface area contributed by atoms with Crippen LogP contribution in [0.3, 0.4) is 0 Å². The fourth-order valence-corrected chi connectivity index (χ4v) is 2.05. The van der Waals surface area contributed by atoms with E-state index < -0.39 is 0 Å². The van der Waals surface area contributed by atoms with Gasteiger partial charge < -0.3 is 10.2 Å². The molecule has 96 valence electrons. The molecule has 1 saturated heterocycles. The fraction of sp³-hybridized carbons (Fsp3) is 0.462. The van der Waals surface area contributed by atoms with Gasteiger partial charge in [-0.15, -0.1) is 0 Å². The van der Waals surface area contributed by atoms with Crippen LogP contribution in [0, 0.1) is 5.92 Å². The molecule has 1 aliphatic heterocycles. The van der Waals surface area contributed by atoms with Crippen LogP contribution in [-0.2, 0) is 9.59 Å². The Labute approximate surface area is 106 Å². The smallest absolute Gasteiger partial charge is 0.227 e. The summed E-state index contributed by atoms with van der Waals surface area (Å²) in [5, 5.41) is 2.84. The van der Waals surface area contributed by atoms with Crippen molar-refractivity contribution in [3.05, 3.63) is 24.5 Å². The molecule has 2 amide bonds. The predicted octanol–water partition coefficient (Wildman–Crippen LogP) is 0.959. The summed E-state index contributed by atoms with van der Waals surface area (Å²) in [6.07, 6.45) is 3.57. The van der Waals surface area contributed by atoms with Gasteiger partial charge in [-0.05, 0) is 26.0 Å². The van der Waals surface area contributed by atoms with E-state index in [1.54, 1.807) is 23.4 Å². The second-order valence-electron chi connectivity index (χ2n) is 4.78. The molecule has 0 radical (unpaired) electrons. The molecule has 0 aromatic carbocycles. The molecule has 1 atom stereocenters. The Kier molecular flexibility index (Phi) is 3.60. The molecule has 1 aliphatic rings. The van der Waals surface area contributed by atoms with Gasteiger partial charge in [0.2, 0.25) is 11.8 Å². The monoisotopic (exact) mass is 247 g/mol. The average molecular weight is 247 g/mol. The highest BCUT2D eigenvalue weighted by Crippen LogP contribution is 2.24. The maximum absolute atomic E-state index is 11.9. The molecule has 5 nitrogen and oxygen atoms in total. The highest BCUT2D eigenvalue weighted by atomic mass is 16.2. The van der Waals surface area contributed by atoms with E-state index in [1.165, 1.54) is 0 Å².